The van der Waals surface area contributed by atoms with E-state index in [1.165, 1.54) is 68.4 Å². The fourth-order valence-corrected chi connectivity index (χ4v) is 9.45. The van der Waals surface area contributed by atoms with Crippen LogP contribution in [0, 0.1) is 88.3 Å². The second-order valence-electron chi connectivity index (χ2n) is 28.4. The fraction of sp³-hybridized carbons (Fsp3) is 0.793. The zero-order valence-electron chi connectivity index (χ0n) is 66.7. The highest BCUT2D eigenvalue weighted by molar-refractivity contribution is 5.96. The standard InChI is InChI=1S/C14H25NO3.C12H21NO3.C12H20O4.C9H14O6.C8H14O3.C8H12O3.C7H12O4.C6H10O4.16CH4/c1-5-14(3,4)13(18)15-10-8-6-7-9(2)11(10)12(16)17;1-8(9(2)12(15)16)11(14)13-10-6-4-3-5-7-10;1-8(11(13)14)9(2)12(15)16-10-6-4-3-5-7-10;1-5(8(12)13)6(2)9(14)15-4-3-7(10)11;2*1-3-6(2)7(9)4-5-8(10)11;1-4(6(8)9)5(2)7(10)11-3;1-3(5(7)8)4(2)6(9)10;;;;;;;;;;;;;;;;/h9-11H,5-8H2,1-4H3,(H,15,18)(H,16,17);8-10H,3-7H2,1-2H3,(H,13,14)(H,15,16);8-10H,3-7H2,1-2H3,(H,13,14);5-6H,3-4H2,1-2H3,(H,10,11)(H,12,13);6H,3-5H2,1-2H3,(H,10,11);4-6H,3H2,1-2H3,(H,10,11);4-5H,1-3H3,(H,8,9);3-4H,1-2H3,(H,7,8)(H,9,10);16*1H4/b;;;;;5-4+;;;;;;;;;;;;;;;;;;. The van der Waals surface area contributed by atoms with Gasteiger partial charge in [-0.1, -0.05) is 276 Å². The number of hydrogen-bond acceptors (Lipinski definition) is 20. The molecule has 0 heterocycles. The number of methoxy groups -OCH3 is 1. The zero-order valence-corrected chi connectivity index (χ0v) is 66.7. The maximum Gasteiger partial charge on any atom is 0.328 e. The first-order valence-electron chi connectivity index (χ1n) is 36.9. The second-order valence-corrected chi connectivity index (χ2v) is 28.4. The van der Waals surface area contributed by atoms with Crippen LogP contribution >= 0.6 is 0 Å². The molecule has 0 spiro atoms. The number of esters is 3. The molecule has 32 nitrogen and oxygen atoms in total. The quantitative estimate of drug-likeness (QED) is 0.0165. The molecule has 3 rings (SSSR count). The summed E-state index contributed by atoms with van der Waals surface area (Å²) >= 11 is 0. The largest absolute Gasteiger partial charge is 0.481 e. The second kappa shape index (κ2) is 91.8. The number of nitrogens with one attached hydrogen (secondary N) is 2. The third-order valence-electron chi connectivity index (χ3n) is 19.7. The molecule has 750 valence electrons. The molecule has 3 aliphatic rings. The first-order chi connectivity index (χ1) is 49.8. The first kappa shape index (κ1) is 169. The van der Waals surface area contributed by atoms with Gasteiger partial charge in [-0.2, -0.15) is 0 Å². The molecule has 0 aromatic carbocycles. The van der Waals surface area contributed by atoms with E-state index in [-0.39, 0.29) is 210 Å². The lowest BCUT2D eigenvalue weighted by Crippen LogP contribution is -2.51. The summed E-state index contributed by atoms with van der Waals surface area (Å²) in [5.74, 6) is -19.0. The van der Waals surface area contributed by atoms with Gasteiger partial charge in [0.1, 0.15) is 18.5 Å². The van der Waals surface area contributed by atoms with Crippen molar-refractivity contribution < 1.29 is 147 Å². The molecule has 3 aliphatic carbocycles. The molecule has 3 saturated carbocycles. The van der Waals surface area contributed by atoms with Crippen molar-refractivity contribution in [2.24, 2.45) is 88.3 Å². The van der Waals surface area contributed by atoms with E-state index in [1.54, 1.807) is 27.7 Å². The molecule has 15 unspecified atom stereocenters. The summed E-state index contributed by atoms with van der Waals surface area (Å²) in [6, 6.07) is 0.0364. The molecule has 15 atom stereocenters. The van der Waals surface area contributed by atoms with Crippen molar-refractivity contribution in [3.05, 3.63) is 12.2 Å². The summed E-state index contributed by atoms with van der Waals surface area (Å²) < 4.78 is 14.3. The Morgan fingerprint density at radius 1 is 0.387 bits per heavy atom. The maximum atomic E-state index is 12.1. The van der Waals surface area contributed by atoms with Gasteiger partial charge in [0, 0.05) is 47.7 Å². The van der Waals surface area contributed by atoms with E-state index in [4.69, 9.17) is 50.7 Å². The fourth-order valence-electron chi connectivity index (χ4n) is 9.45. The van der Waals surface area contributed by atoms with E-state index in [9.17, 15) is 86.6 Å². The van der Waals surface area contributed by atoms with E-state index in [0.29, 0.717) is 0 Å². The number of hydrogen-bond donors (Lipinski definition) is 12. The molecule has 0 saturated heterocycles. The van der Waals surface area contributed by atoms with E-state index >= 15 is 0 Å². The molecule has 12 N–H and O–H groups in total. The van der Waals surface area contributed by atoms with Crippen molar-refractivity contribution in [3.8, 4) is 0 Å². The van der Waals surface area contributed by atoms with Crippen LogP contribution in [0.3, 0.4) is 0 Å². The number of aliphatic carboxylic acids is 10. The summed E-state index contributed by atoms with van der Waals surface area (Å²) in [4.78, 5) is 184. The Hall–Kier alpha value is -8.87. The van der Waals surface area contributed by atoms with Gasteiger partial charge in [-0.15, -0.1) is 0 Å². The smallest absolute Gasteiger partial charge is 0.328 e. The van der Waals surface area contributed by atoms with E-state index in [0.717, 1.165) is 102 Å². The summed E-state index contributed by atoms with van der Waals surface area (Å²) in [6.45, 7) is 29.9. The number of allylic oxidation sites excluding steroid dienone is 1. The minimum atomic E-state index is -1.09. The molecule has 0 aromatic heterocycles. The van der Waals surface area contributed by atoms with Crippen LogP contribution in [-0.2, 0) is 95.7 Å². The number of carboxylic acid groups (broad SMARTS) is 10. The van der Waals surface area contributed by atoms with Gasteiger partial charge in [0.2, 0.25) is 11.8 Å². The molecular formula is C92H192N2O30. The van der Waals surface area contributed by atoms with Crippen molar-refractivity contribution in [1.82, 2.24) is 10.6 Å². The van der Waals surface area contributed by atoms with Crippen LogP contribution in [0.1, 0.15) is 365 Å². The monoisotopic (exact) mass is 1810 g/mol. The molecule has 0 aromatic rings. The van der Waals surface area contributed by atoms with Gasteiger partial charge in [0.15, 0.2) is 5.78 Å². The zero-order chi connectivity index (χ0) is 85.2. The van der Waals surface area contributed by atoms with Crippen molar-refractivity contribution >= 4 is 101 Å². The Bertz CT molecular complexity index is 2810. The van der Waals surface area contributed by atoms with Crippen molar-refractivity contribution in [2.45, 2.75) is 384 Å². The highest BCUT2D eigenvalue weighted by Crippen LogP contribution is 2.32. The lowest BCUT2D eigenvalue weighted by molar-refractivity contribution is -0.161. The summed E-state index contributed by atoms with van der Waals surface area (Å²) in [5, 5.41) is 91.3. The molecule has 0 bridgehead atoms. The Labute approximate surface area is 753 Å². The van der Waals surface area contributed by atoms with Crippen LogP contribution in [0.15, 0.2) is 12.2 Å². The number of carbonyl (C=O) groups excluding carboxylic acids is 7. The van der Waals surface area contributed by atoms with Gasteiger partial charge in [0.05, 0.1) is 79.1 Å². The van der Waals surface area contributed by atoms with E-state index in [2.05, 4.69) is 20.1 Å². The van der Waals surface area contributed by atoms with Gasteiger partial charge < -0.3 is 75.9 Å². The van der Waals surface area contributed by atoms with Gasteiger partial charge in [0.25, 0.3) is 0 Å². The Morgan fingerprint density at radius 2 is 0.726 bits per heavy atom. The number of ether oxygens (including phenoxy) is 3. The Morgan fingerprint density at radius 3 is 1.05 bits per heavy atom. The van der Waals surface area contributed by atoms with Crippen LogP contribution in [0.2, 0.25) is 0 Å². The number of Topliss-reactive ketones (excluding diaryl/α,β-unsaturated/α-hetero) is 1. The summed E-state index contributed by atoms with van der Waals surface area (Å²) in [7, 11) is 1.24. The molecule has 2 amide bonds. The minimum absolute atomic E-state index is 0. The third kappa shape index (κ3) is 76.8. The normalized spacial score (nSPS) is 16.2. The molecule has 0 radical (unpaired) electrons. The number of carbonyl (C=O) groups is 17. The number of rotatable bonds is 33. The first-order valence-corrected chi connectivity index (χ1v) is 36.9. The van der Waals surface area contributed by atoms with Crippen molar-refractivity contribution in [1.29, 1.82) is 0 Å². The van der Waals surface area contributed by atoms with Gasteiger partial charge in [-0.25, -0.2) is 4.79 Å². The Kier molecular flexibility index (Phi) is 125. The highest BCUT2D eigenvalue weighted by Gasteiger charge is 2.39. The lowest BCUT2D eigenvalue weighted by Gasteiger charge is -2.36. The van der Waals surface area contributed by atoms with E-state index in [1.807, 2.05) is 48.5 Å². The molecular weight excluding hydrogens is 1610 g/mol. The topological polar surface area (TPSA) is 544 Å². The third-order valence-corrected chi connectivity index (χ3v) is 19.7. The number of ketones is 2. The predicted octanol–water partition coefficient (Wildman–Crippen LogP) is 20.6. The van der Waals surface area contributed by atoms with Crippen LogP contribution in [0.5, 0.6) is 0 Å². The maximum absolute atomic E-state index is 12.1. The highest BCUT2D eigenvalue weighted by atomic mass is 16.5. The molecule has 3 fully saturated rings. The van der Waals surface area contributed by atoms with Crippen molar-refractivity contribution in [3.63, 3.8) is 0 Å². The van der Waals surface area contributed by atoms with Crippen LogP contribution in [0.25, 0.3) is 0 Å². The molecule has 124 heavy (non-hydrogen) atoms. The number of amides is 2. The van der Waals surface area contributed by atoms with Gasteiger partial charge in [-0.3, -0.25) is 76.7 Å². The minimum Gasteiger partial charge on any atom is -0.481 e. The Balaban J connectivity index is -0.0000000509. The average Bonchev–Trinajstić information content (AvgIpc) is 0.823. The van der Waals surface area contributed by atoms with Gasteiger partial charge in [-0.05, 0) is 82.6 Å². The molecule has 0 aliphatic heterocycles. The van der Waals surface area contributed by atoms with Crippen LogP contribution in [0.4, 0.5) is 0 Å². The summed E-state index contributed by atoms with van der Waals surface area (Å²) in [5.41, 5.74) is -0.427. The summed E-state index contributed by atoms with van der Waals surface area (Å²) in [6.07, 6.45) is 17.7. The van der Waals surface area contributed by atoms with Gasteiger partial charge >= 0.3 is 77.6 Å². The number of carboxylic acids is 10. The average molecular weight is 1810 g/mol. The predicted molar refractivity (Wildman–Crippen MR) is 501 cm³/mol. The molecule has 32 heteroatoms. The van der Waals surface area contributed by atoms with Crippen molar-refractivity contribution in [2.75, 3.05) is 13.7 Å². The van der Waals surface area contributed by atoms with E-state index < -0.39 is 142 Å². The van der Waals surface area contributed by atoms with Crippen LogP contribution in [-0.4, -0.2) is 184 Å². The SMILES string of the molecule is C.C.C.C.C.C.C.C.C.C.C.C.C.C.C.C.CC(C(=O)O)C(C)C(=O)NC1CCCCC1.CC(C(=O)O)C(C)C(=O)O.CC(C(=O)O)C(C)C(=O)OC1CCCCC1.CC(C(=O)O)C(C)C(=O)OCCC(=O)O.CCC(C)(C)C(=O)NC1CCCC(C)C1C(=O)O.CCC(C)C(=O)/C=C/C(=O)O.CCC(C)C(=O)CCC(=O)O.COC(=O)C(C)C(C)C(=O)O. The van der Waals surface area contributed by atoms with Crippen LogP contribution < -0.4 is 10.6 Å². The lowest BCUT2D eigenvalue weighted by atomic mass is 9.76.